The Morgan fingerprint density at radius 3 is 2.00 bits per heavy atom. The molecule has 0 spiro atoms. The third kappa shape index (κ3) is 6.72. The number of carboxylic acids is 1. The minimum absolute atomic E-state index is 0.0222. The summed E-state index contributed by atoms with van der Waals surface area (Å²) in [6.07, 6.45) is -0.532. The lowest BCUT2D eigenvalue weighted by Crippen LogP contribution is -2.19. The quantitative estimate of drug-likeness (QED) is 0.320. The molecule has 1 aromatic heterocycles. The van der Waals surface area contributed by atoms with E-state index >= 15 is 0 Å². The highest BCUT2D eigenvalue weighted by Gasteiger charge is 2.19. The topological polar surface area (TPSA) is 153 Å². The zero-order valence-corrected chi connectivity index (χ0v) is 20.4. The van der Waals surface area contributed by atoms with Crippen molar-refractivity contribution in [1.82, 2.24) is 4.98 Å². The van der Waals surface area contributed by atoms with Crippen LogP contribution in [-0.2, 0) is 0 Å². The number of rotatable bonds is 9. The van der Waals surface area contributed by atoms with Gasteiger partial charge in [-0.25, -0.2) is 9.78 Å². The van der Waals surface area contributed by atoms with Gasteiger partial charge in [0.2, 0.25) is 5.88 Å². The van der Waals surface area contributed by atoms with E-state index in [0.717, 1.165) is 0 Å². The molecule has 0 atom stereocenters. The first-order valence-electron chi connectivity index (χ1n) is 11.2. The zero-order valence-electron chi connectivity index (χ0n) is 20.4. The first kappa shape index (κ1) is 26.0. The molecule has 0 aliphatic heterocycles. The van der Waals surface area contributed by atoms with Gasteiger partial charge in [0.05, 0.1) is 23.5 Å². The summed E-state index contributed by atoms with van der Waals surface area (Å²) in [5, 5.41) is 14.7. The number of hydrogen-bond donors (Lipinski definition) is 4. The van der Waals surface area contributed by atoms with Crippen LogP contribution in [0.4, 0.5) is 17.1 Å². The first-order valence-corrected chi connectivity index (χ1v) is 11.2. The van der Waals surface area contributed by atoms with Crippen molar-refractivity contribution in [3.8, 4) is 11.6 Å². The maximum Gasteiger partial charge on any atom is 0.335 e. The smallest absolute Gasteiger partial charge is 0.335 e. The van der Waals surface area contributed by atoms with Crippen LogP contribution < -0.4 is 25.8 Å². The van der Waals surface area contributed by atoms with Crippen LogP contribution in [0.5, 0.6) is 11.6 Å². The number of carbonyl (C=O) groups excluding carboxylic acids is 2. The van der Waals surface area contributed by atoms with Gasteiger partial charge in [0.15, 0.2) is 0 Å². The van der Waals surface area contributed by atoms with Crippen LogP contribution in [0.1, 0.15) is 58.9 Å². The highest BCUT2D eigenvalue weighted by Crippen LogP contribution is 2.29. The molecule has 5 N–H and O–H groups in total. The van der Waals surface area contributed by atoms with E-state index in [9.17, 15) is 19.5 Å². The van der Waals surface area contributed by atoms with Crippen molar-refractivity contribution in [2.45, 2.75) is 39.9 Å². The molecule has 2 amide bonds. The van der Waals surface area contributed by atoms with E-state index < -0.39 is 17.8 Å². The van der Waals surface area contributed by atoms with Gasteiger partial charge in [0.25, 0.3) is 11.8 Å². The number of anilines is 3. The van der Waals surface area contributed by atoms with Crippen LogP contribution in [0.2, 0.25) is 0 Å². The number of nitrogens with one attached hydrogen (secondary N) is 2. The molecule has 2 aromatic carbocycles. The van der Waals surface area contributed by atoms with Crippen LogP contribution >= 0.6 is 0 Å². The Kier molecular flexibility index (Phi) is 8.11. The average molecular weight is 493 g/mol. The van der Waals surface area contributed by atoms with E-state index in [1.54, 1.807) is 52.0 Å². The highest BCUT2D eigenvalue weighted by molar-refractivity contribution is 6.06. The SMILES string of the molecule is CC(C)Oc1cc(C(=O)O)ccc1NC(=O)c1ccc(NC(=O)c2ccc(N)cc2)c(OC(C)C)n1. The second-order valence-corrected chi connectivity index (χ2v) is 8.43. The van der Waals surface area contributed by atoms with Crippen molar-refractivity contribution >= 4 is 34.8 Å². The summed E-state index contributed by atoms with van der Waals surface area (Å²) in [4.78, 5) is 41.3. The van der Waals surface area contributed by atoms with E-state index in [1.807, 2.05) is 0 Å². The molecule has 0 aliphatic carbocycles. The summed E-state index contributed by atoms with van der Waals surface area (Å²) in [6, 6.07) is 13.5. The molecule has 3 rings (SSSR count). The van der Waals surface area contributed by atoms with Crippen LogP contribution in [0.3, 0.4) is 0 Å². The Morgan fingerprint density at radius 1 is 0.806 bits per heavy atom. The Bertz CT molecular complexity index is 1270. The molecule has 10 heteroatoms. The Balaban J connectivity index is 1.87. The molecule has 0 aliphatic rings. The lowest BCUT2D eigenvalue weighted by Gasteiger charge is -2.17. The summed E-state index contributed by atoms with van der Waals surface area (Å²) in [5.74, 6) is -1.80. The van der Waals surface area contributed by atoms with Gasteiger partial charge >= 0.3 is 5.97 Å². The fourth-order valence-corrected chi connectivity index (χ4v) is 3.10. The maximum absolute atomic E-state index is 13.0. The third-order valence-electron chi connectivity index (χ3n) is 4.70. The average Bonchev–Trinajstić information content (AvgIpc) is 2.80. The number of benzene rings is 2. The van der Waals surface area contributed by atoms with Crippen molar-refractivity contribution < 1.29 is 29.0 Å². The molecule has 0 saturated heterocycles. The fourth-order valence-electron chi connectivity index (χ4n) is 3.10. The van der Waals surface area contributed by atoms with E-state index in [-0.39, 0.29) is 46.5 Å². The minimum atomic E-state index is -1.12. The number of aromatic carboxylic acids is 1. The van der Waals surface area contributed by atoms with Crippen LogP contribution in [-0.4, -0.2) is 40.1 Å². The lowest BCUT2D eigenvalue weighted by atomic mass is 10.1. The van der Waals surface area contributed by atoms with Gasteiger partial charge in [-0.3, -0.25) is 9.59 Å². The summed E-state index contributed by atoms with van der Waals surface area (Å²) in [5.41, 5.74) is 7.22. The van der Waals surface area contributed by atoms with Crippen molar-refractivity contribution in [2.75, 3.05) is 16.4 Å². The maximum atomic E-state index is 13.0. The number of nitrogens with zero attached hydrogens (tertiary/aromatic N) is 1. The standard InChI is InChI=1S/C26H28N4O6/c1-14(2)35-22-13-17(26(33)34)7-10-19(22)28-24(32)20-11-12-21(25(30-20)36-15(3)4)29-23(31)16-5-8-18(27)9-6-16/h5-15H,27H2,1-4H3,(H,28,32)(H,29,31)(H,33,34). The number of carbonyl (C=O) groups is 3. The summed E-state index contributed by atoms with van der Waals surface area (Å²) in [7, 11) is 0. The van der Waals surface area contributed by atoms with Crippen molar-refractivity contribution in [3.05, 3.63) is 71.4 Å². The molecule has 0 saturated carbocycles. The molecule has 3 aromatic rings. The molecule has 1 heterocycles. The van der Waals surface area contributed by atoms with Crippen LogP contribution in [0, 0.1) is 0 Å². The van der Waals surface area contributed by atoms with Gasteiger partial charge in [-0.1, -0.05) is 0 Å². The number of nitrogen functional groups attached to an aromatic ring is 1. The summed E-state index contributed by atoms with van der Waals surface area (Å²) < 4.78 is 11.4. The van der Waals surface area contributed by atoms with Crippen molar-refractivity contribution in [3.63, 3.8) is 0 Å². The number of amides is 2. The number of aromatic nitrogens is 1. The summed E-state index contributed by atoms with van der Waals surface area (Å²) >= 11 is 0. The molecular weight excluding hydrogens is 464 g/mol. The molecule has 0 unspecified atom stereocenters. The molecule has 10 nitrogen and oxygen atoms in total. The monoisotopic (exact) mass is 492 g/mol. The second-order valence-electron chi connectivity index (χ2n) is 8.43. The van der Waals surface area contributed by atoms with E-state index in [0.29, 0.717) is 11.3 Å². The molecule has 0 fully saturated rings. The minimum Gasteiger partial charge on any atom is -0.489 e. The number of nitrogens with two attached hydrogens (primary N) is 1. The van der Waals surface area contributed by atoms with Gasteiger partial charge in [0, 0.05) is 11.3 Å². The van der Waals surface area contributed by atoms with E-state index in [4.69, 9.17) is 15.2 Å². The van der Waals surface area contributed by atoms with Gasteiger partial charge in [-0.15, -0.1) is 0 Å². The van der Waals surface area contributed by atoms with Crippen molar-refractivity contribution in [1.29, 1.82) is 0 Å². The summed E-state index contributed by atoms with van der Waals surface area (Å²) in [6.45, 7) is 7.15. The van der Waals surface area contributed by atoms with Gasteiger partial charge < -0.3 is 30.9 Å². The van der Waals surface area contributed by atoms with Gasteiger partial charge in [0.1, 0.15) is 17.1 Å². The highest BCUT2D eigenvalue weighted by atomic mass is 16.5. The number of hydrogen-bond acceptors (Lipinski definition) is 7. The van der Waals surface area contributed by atoms with E-state index in [1.165, 1.54) is 30.3 Å². The van der Waals surface area contributed by atoms with Gasteiger partial charge in [-0.05, 0) is 82.3 Å². The Morgan fingerprint density at radius 2 is 1.39 bits per heavy atom. The fraction of sp³-hybridized carbons (Fsp3) is 0.231. The van der Waals surface area contributed by atoms with E-state index in [2.05, 4.69) is 15.6 Å². The normalized spacial score (nSPS) is 10.7. The van der Waals surface area contributed by atoms with Crippen molar-refractivity contribution in [2.24, 2.45) is 0 Å². The molecule has 0 radical (unpaired) electrons. The van der Waals surface area contributed by atoms with Crippen LogP contribution in [0.25, 0.3) is 0 Å². The molecule has 0 bridgehead atoms. The molecule has 188 valence electrons. The Labute approximate surface area is 208 Å². The second kappa shape index (κ2) is 11.2. The predicted octanol–water partition coefficient (Wildman–Crippen LogP) is 4.44. The number of pyridine rings is 1. The number of ether oxygens (including phenoxy) is 2. The molecular formula is C26H28N4O6. The number of carboxylic acid groups (broad SMARTS) is 1. The van der Waals surface area contributed by atoms with Crippen LogP contribution in [0.15, 0.2) is 54.6 Å². The first-order chi connectivity index (χ1) is 17.0. The third-order valence-corrected chi connectivity index (χ3v) is 4.70. The molecule has 36 heavy (non-hydrogen) atoms. The van der Waals surface area contributed by atoms with Gasteiger partial charge in [-0.2, -0.15) is 0 Å². The Hall–Kier alpha value is -4.60. The zero-order chi connectivity index (χ0) is 26.4. The predicted molar refractivity (Wildman–Crippen MR) is 136 cm³/mol. The lowest BCUT2D eigenvalue weighted by molar-refractivity contribution is 0.0695. The largest absolute Gasteiger partial charge is 0.489 e.